The maximum Gasteiger partial charge on any atom is 0.251 e. The summed E-state index contributed by atoms with van der Waals surface area (Å²) in [5.41, 5.74) is 1.61. The average Bonchev–Trinajstić information content (AvgIpc) is 3.43. The number of fused-ring (bicyclic) bond motifs is 1. The van der Waals surface area contributed by atoms with Crippen molar-refractivity contribution in [1.82, 2.24) is 15.1 Å². The molecule has 1 aromatic carbocycles. The number of hydrogen-bond donors (Lipinski definition) is 1. The molecule has 1 N–H and O–H groups in total. The molecule has 0 bridgehead atoms. The number of amides is 2. The Morgan fingerprint density at radius 2 is 1.83 bits per heavy atom. The van der Waals surface area contributed by atoms with Crippen molar-refractivity contribution in [1.29, 1.82) is 0 Å². The molecule has 9 heteroatoms. The fraction of sp³-hybridized carbons (Fsp3) is 0.654. The molecule has 9 nitrogen and oxygen atoms in total. The first-order valence-corrected chi connectivity index (χ1v) is 12.7. The summed E-state index contributed by atoms with van der Waals surface area (Å²) in [5.74, 6) is -0.487. The van der Waals surface area contributed by atoms with Gasteiger partial charge in [-0.05, 0) is 43.1 Å². The molecule has 1 aromatic rings. The van der Waals surface area contributed by atoms with Crippen LogP contribution in [0.25, 0.3) is 0 Å². The predicted molar refractivity (Wildman–Crippen MR) is 133 cm³/mol. The zero-order valence-corrected chi connectivity index (χ0v) is 21.2. The largest absolute Gasteiger partial charge is 0.377 e. The Hall–Kier alpha value is -2.49. The van der Waals surface area contributed by atoms with Crippen LogP contribution in [0.1, 0.15) is 37.6 Å². The van der Waals surface area contributed by atoms with Gasteiger partial charge < -0.3 is 29.5 Å². The predicted octanol–water partition coefficient (Wildman–Crippen LogP) is 1.17. The number of carbonyl (C=O) groups excluding carboxylic acids is 3. The fourth-order valence-corrected chi connectivity index (χ4v) is 5.33. The molecular weight excluding hydrogens is 448 g/mol. The van der Waals surface area contributed by atoms with Gasteiger partial charge in [0.2, 0.25) is 5.91 Å². The van der Waals surface area contributed by atoms with Gasteiger partial charge in [0.05, 0.1) is 6.54 Å². The van der Waals surface area contributed by atoms with E-state index in [1.807, 2.05) is 38.1 Å². The summed E-state index contributed by atoms with van der Waals surface area (Å²) in [6.07, 6.45) is -0.318. The highest BCUT2D eigenvalue weighted by molar-refractivity contribution is 5.99. The Kier molecular flexibility index (Phi) is 8.09. The van der Waals surface area contributed by atoms with Crippen molar-refractivity contribution in [3.05, 3.63) is 29.8 Å². The van der Waals surface area contributed by atoms with Gasteiger partial charge >= 0.3 is 0 Å². The Bertz CT molecular complexity index is 913. The molecule has 4 rings (SSSR count). The Morgan fingerprint density at radius 3 is 2.43 bits per heavy atom. The normalized spacial score (nSPS) is 25.7. The van der Waals surface area contributed by atoms with Crippen LogP contribution in [0, 0.1) is 5.92 Å². The van der Waals surface area contributed by atoms with Crippen LogP contribution in [0.5, 0.6) is 0 Å². The number of likely N-dealkylation sites (tertiary alicyclic amines) is 1. The van der Waals surface area contributed by atoms with Crippen molar-refractivity contribution in [2.24, 2.45) is 5.92 Å². The molecule has 3 aliphatic rings. The summed E-state index contributed by atoms with van der Waals surface area (Å²) >= 11 is 0. The van der Waals surface area contributed by atoms with Gasteiger partial charge in [-0.25, -0.2) is 0 Å². The zero-order chi connectivity index (χ0) is 25.1. The molecule has 0 aliphatic carbocycles. The van der Waals surface area contributed by atoms with E-state index in [2.05, 4.69) is 22.0 Å². The molecule has 3 heterocycles. The smallest absolute Gasteiger partial charge is 0.251 e. The molecule has 3 saturated heterocycles. The van der Waals surface area contributed by atoms with E-state index >= 15 is 0 Å². The van der Waals surface area contributed by atoms with Gasteiger partial charge in [-0.15, -0.1) is 0 Å². The number of likely N-dealkylation sites (N-methyl/N-ethyl adjacent to an activating group) is 1. The number of anilines is 1. The first-order chi connectivity index (χ1) is 16.8. The third kappa shape index (κ3) is 5.52. The van der Waals surface area contributed by atoms with E-state index in [0.29, 0.717) is 12.0 Å². The summed E-state index contributed by atoms with van der Waals surface area (Å²) in [6, 6.07) is 6.20. The molecule has 3 fully saturated rings. The van der Waals surface area contributed by atoms with Crippen LogP contribution in [-0.4, -0.2) is 105 Å². The van der Waals surface area contributed by atoms with Gasteiger partial charge in [-0.2, -0.15) is 0 Å². The number of rotatable bonds is 8. The number of hydrogen-bond acceptors (Lipinski definition) is 7. The van der Waals surface area contributed by atoms with Crippen molar-refractivity contribution >= 4 is 23.3 Å². The highest BCUT2D eigenvalue weighted by Gasteiger charge is 2.53. The van der Waals surface area contributed by atoms with Crippen LogP contribution in [0.3, 0.4) is 0 Å². The van der Waals surface area contributed by atoms with Crippen molar-refractivity contribution in [2.45, 2.75) is 51.5 Å². The van der Waals surface area contributed by atoms with Gasteiger partial charge in [0.1, 0.15) is 30.9 Å². The molecule has 0 aromatic heterocycles. The number of ether oxygens (including phenoxy) is 2. The second kappa shape index (κ2) is 11.1. The quantitative estimate of drug-likeness (QED) is 0.590. The van der Waals surface area contributed by atoms with E-state index in [0.717, 1.165) is 38.4 Å². The number of nitrogens with one attached hydrogen (secondary N) is 1. The lowest BCUT2D eigenvalue weighted by Gasteiger charge is -2.35. The number of piperazine rings is 1. The lowest BCUT2D eigenvalue weighted by molar-refractivity contribution is -0.138. The standard InChI is InChI=1S/C26H38N4O5/c1-5-28-10-12-29(13-11-28)19-8-6-18(7-9-19)25(32)27-20(14-17(2)3)26(33)30-15-22(34-4)24-23(30)21(31)16-35-24/h6-9,17,20,22-24H,5,10-16H2,1-4H3,(H,27,32)/t20-,22-,23+,24+/m0/s1. The third-order valence-corrected chi connectivity index (χ3v) is 7.35. The number of Topliss-reactive ketones (excluding diaryl/α,β-unsaturated/α-hetero) is 1. The molecule has 0 saturated carbocycles. The van der Waals surface area contributed by atoms with Crippen LogP contribution in [0.15, 0.2) is 24.3 Å². The van der Waals surface area contributed by atoms with Gasteiger partial charge in [-0.3, -0.25) is 14.4 Å². The first kappa shape index (κ1) is 25.6. The maximum atomic E-state index is 13.5. The van der Waals surface area contributed by atoms with Gasteiger partial charge in [0.25, 0.3) is 5.91 Å². The Labute approximate surface area is 207 Å². The second-order valence-corrected chi connectivity index (χ2v) is 10.1. The van der Waals surface area contributed by atoms with E-state index in [4.69, 9.17) is 9.47 Å². The van der Waals surface area contributed by atoms with Crippen LogP contribution in [0.2, 0.25) is 0 Å². The number of benzene rings is 1. The highest BCUT2D eigenvalue weighted by Crippen LogP contribution is 2.30. The topological polar surface area (TPSA) is 91.4 Å². The zero-order valence-electron chi connectivity index (χ0n) is 21.2. The maximum absolute atomic E-state index is 13.5. The van der Waals surface area contributed by atoms with Crippen LogP contribution in [-0.2, 0) is 19.1 Å². The number of nitrogens with zero attached hydrogens (tertiary/aromatic N) is 3. The van der Waals surface area contributed by atoms with E-state index < -0.39 is 18.2 Å². The van der Waals surface area contributed by atoms with Crippen LogP contribution < -0.4 is 10.2 Å². The fourth-order valence-electron chi connectivity index (χ4n) is 5.33. The number of carbonyl (C=O) groups is 3. The van der Waals surface area contributed by atoms with Gasteiger partial charge in [-0.1, -0.05) is 20.8 Å². The molecule has 0 unspecified atom stereocenters. The van der Waals surface area contributed by atoms with Gasteiger partial charge in [0, 0.05) is 44.5 Å². The molecule has 0 spiro atoms. The minimum absolute atomic E-state index is 0.0139. The molecule has 35 heavy (non-hydrogen) atoms. The minimum atomic E-state index is -0.728. The second-order valence-electron chi connectivity index (χ2n) is 10.1. The molecule has 4 atom stereocenters. The van der Waals surface area contributed by atoms with Crippen LogP contribution >= 0.6 is 0 Å². The molecule has 0 radical (unpaired) electrons. The van der Waals surface area contributed by atoms with E-state index in [9.17, 15) is 14.4 Å². The van der Waals surface area contributed by atoms with Crippen LogP contribution in [0.4, 0.5) is 5.69 Å². The molecular formula is C26H38N4O5. The van der Waals surface area contributed by atoms with Crippen molar-refractivity contribution < 1.29 is 23.9 Å². The molecule has 192 valence electrons. The Balaban J connectivity index is 1.43. The lowest BCUT2D eigenvalue weighted by Crippen LogP contribution is -2.52. The SMILES string of the molecule is CCN1CCN(c2ccc(C(=O)N[C@@H](CC(C)C)C(=O)N3C[C@H](OC)[C@H]4OCC(=O)[C@H]43)cc2)CC1. The van der Waals surface area contributed by atoms with Gasteiger partial charge in [0.15, 0.2) is 5.78 Å². The molecule has 2 amide bonds. The average molecular weight is 487 g/mol. The summed E-state index contributed by atoms with van der Waals surface area (Å²) in [4.78, 5) is 45.4. The first-order valence-electron chi connectivity index (χ1n) is 12.7. The summed E-state index contributed by atoms with van der Waals surface area (Å²) in [7, 11) is 1.56. The number of ketones is 1. The lowest BCUT2D eigenvalue weighted by atomic mass is 10.0. The summed E-state index contributed by atoms with van der Waals surface area (Å²) in [6.45, 7) is 11.5. The summed E-state index contributed by atoms with van der Waals surface area (Å²) in [5, 5.41) is 2.94. The van der Waals surface area contributed by atoms with E-state index in [1.54, 1.807) is 12.0 Å². The Morgan fingerprint density at radius 1 is 1.14 bits per heavy atom. The summed E-state index contributed by atoms with van der Waals surface area (Å²) < 4.78 is 11.1. The van der Waals surface area contributed by atoms with Crippen molar-refractivity contribution in [2.75, 3.05) is 57.9 Å². The van der Waals surface area contributed by atoms with Crippen molar-refractivity contribution in [3.8, 4) is 0 Å². The minimum Gasteiger partial charge on any atom is -0.377 e. The van der Waals surface area contributed by atoms with E-state index in [-0.39, 0.29) is 42.8 Å². The van der Waals surface area contributed by atoms with Crippen molar-refractivity contribution in [3.63, 3.8) is 0 Å². The highest BCUT2D eigenvalue weighted by atomic mass is 16.5. The molecule has 3 aliphatic heterocycles. The third-order valence-electron chi connectivity index (χ3n) is 7.35. The monoisotopic (exact) mass is 486 g/mol. The number of methoxy groups -OCH3 is 1. The van der Waals surface area contributed by atoms with E-state index in [1.165, 1.54) is 0 Å².